The van der Waals surface area contributed by atoms with Crippen molar-refractivity contribution >= 4 is 11.8 Å². The molecule has 0 unspecified atom stereocenters. The van der Waals surface area contributed by atoms with Gasteiger partial charge in [-0.25, -0.2) is 0 Å². The molecule has 0 aromatic rings. The number of hydrogen-bond acceptors (Lipinski definition) is 2. The molecular formula is C14H26N2O2. The predicted molar refractivity (Wildman–Crippen MR) is 72.1 cm³/mol. The highest BCUT2D eigenvalue weighted by Gasteiger charge is 2.23. The molecule has 0 aliphatic heterocycles. The van der Waals surface area contributed by atoms with Gasteiger partial charge in [0.25, 0.3) is 0 Å². The van der Waals surface area contributed by atoms with Crippen molar-refractivity contribution in [3.05, 3.63) is 0 Å². The van der Waals surface area contributed by atoms with Gasteiger partial charge in [0.1, 0.15) is 0 Å². The van der Waals surface area contributed by atoms with E-state index in [-0.39, 0.29) is 11.8 Å². The molecule has 0 spiro atoms. The summed E-state index contributed by atoms with van der Waals surface area (Å²) >= 11 is 0. The van der Waals surface area contributed by atoms with Gasteiger partial charge in [0.05, 0.1) is 0 Å². The lowest BCUT2D eigenvalue weighted by Crippen LogP contribution is -2.35. The summed E-state index contributed by atoms with van der Waals surface area (Å²) < 4.78 is 0. The minimum atomic E-state index is 0.147. The molecule has 1 aliphatic carbocycles. The summed E-state index contributed by atoms with van der Waals surface area (Å²) in [5.41, 5.74) is 0. The van der Waals surface area contributed by atoms with Crippen LogP contribution >= 0.6 is 0 Å². The van der Waals surface area contributed by atoms with Crippen LogP contribution < -0.4 is 0 Å². The summed E-state index contributed by atoms with van der Waals surface area (Å²) in [4.78, 5) is 26.0. The first kappa shape index (κ1) is 15.0. The highest BCUT2D eigenvalue weighted by atomic mass is 16.2. The topological polar surface area (TPSA) is 40.6 Å². The van der Waals surface area contributed by atoms with Crippen LogP contribution in [0.5, 0.6) is 0 Å². The Balaban J connectivity index is 2.28. The Morgan fingerprint density at radius 2 is 1.11 bits per heavy atom. The third-order valence-electron chi connectivity index (χ3n) is 4.11. The molecular weight excluding hydrogens is 228 g/mol. The van der Waals surface area contributed by atoms with Crippen molar-refractivity contribution < 1.29 is 9.59 Å². The molecule has 0 saturated heterocycles. The van der Waals surface area contributed by atoms with Crippen molar-refractivity contribution in [2.24, 2.45) is 11.8 Å². The van der Waals surface area contributed by atoms with Gasteiger partial charge in [0.15, 0.2) is 0 Å². The van der Waals surface area contributed by atoms with Gasteiger partial charge >= 0.3 is 0 Å². The molecule has 4 heteroatoms. The van der Waals surface area contributed by atoms with Gasteiger partial charge in [-0.1, -0.05) is 0 Å². The van der Waals surface area contributed by atoms with Gasteiger partial charge in [-0.3, -0.25) is 9.59 Å². The van der Waals surface area contributed by atoms with E-state index in [0.29, 0.717) is 11.8 Å². The fraction of sp³-hybridized carbons (Fsp3) is 0.857. The Hall–Kier alpha value is -1.06. The van der Waals surface area contributed by atoms with Gasteiger partial charge in [0, 0.05) is 41.0 Å². The van der Waals surface area contributed by atoms with E-state index >= 15 is 0 Å². The van der Waals surface area contributed by atoms with Crippen molar-refractivity contribution in [1.82, 2.24) is 9.80 Å². The molecule has 2 amide bonds. The van der Waals surface area contributed by atoms with Gasteiger partial charge < -0.3 is 9.80 Å². The molecule has 0 heterocycles. The van der Waals surface area contributed by atoms with Crippen LogP contribution in [-0.4, -0.2) is 48.8 Å². The first-order chi connectivity index (χ1) is 8.40. The van der Waals surface area contributed by atoms with Crippen LogP contribution in [0.3, 0.4) is 0 Å². The summed E-state index contributed by atoms with van der Waals surface area (Å²) in [5.74, 6) is 1.57. The van der Waals surface area contributed by atoms with E-state index in [9.17, 15) is 9.59 Å². The molecule has 18 heavy (non-hydrogen) atoms. The first-order valence-corrected chi connectivity index (χ1v) is 6.83. The quantitative estimate of drug-likeness (QED) is 0.767. The van der Waals surface area contributed by atoms with E-state index < -0.39 is 0 Å². The van der Waals surface area contributed by atoms with Crippen molar-refractivity contribution in [3.8, 4) is 0 Å². The minimum Gasteiger partial charge on any atom is -0.346 e. The van der Waals surface area contributed by atoms with Crippen LogP contribution in [0.25, 0.3) is 0 Å². The molecule has 0 bridgehead atoms. The van der Waals surface area contributed by atoms with Crippen LogP contribution in [-0.2, 0) is 9.59 Å². The number of nitrogens with zero attached hydrogens (tertiary/aromatic N) is 2. The Labute approximate surface area is 110 Å². The zero-order valence-electron chi connectivity index (χ0n) is 12.1. The second-order valence-electron chi connectivity index (χ2n) is 5.69. The highest BCUT2D eigenvalue weighted by molar-refractivity contribution is 5.73. The summed E-state index contributed by atoms with van der Waals surface area (Å²) in [5, 5.41) is 0. The van der Waals surface area contributed by atoms with Crippen LogP contribution in [0.1, 0.15) is 39.5 Å². The summed E-state index contributed by atoms with van der Waals surface area (Å²) in [6, 6.07) is 0. The third kappa shape index (κ3) is 4.67. The van der Waals surface area contributed by atoms with E-state index in [1.807, 2.05) is 23.9 Å². The lowest BCUT2D eigenvalue weighted by Gasteiger charge is -2.32. The predicted octanol–water partition coefficient (Wildman–Crippen LogP) is 1.75. The first-order valence-electron chi connectivity index (χ1n) is 6.83. The van der Waals surface area contributed by atoms with E-state index in [1.54, 1.807) is 13.8 Å². The minimum absolute atomic E-state index is 0.147. The smallest absolute Gasteiger partial charge is 0.219 e. The van der Waals surface area contributed by atoms with E-state index in [1.165, 1.54) is 25.7 Å². The maximum atomic E-state index is 11.2. The average Bonchev–Trinajstić information content (AvgIpc) is 2.31. The van der Waals surface area contributed by atoms with Gasteiger partial charge in [-0.2, -0.15) is 0 Å². The Bertz CT molecular complexity index is 266. The number of rotatable bonds is 4. The molecule has 1 aliphatic rings. The number of carbonyl (C=O) groups excluding carboxylic acids is 2. The standard InChI is InChI=1S/C14H26N2O2/c1-11(17)15(3)9-13-5-7-14(8-6-13)10-16(4)12(2)18/h13-14H,5-10H2,1-4H3. The fourth-order valence-electron chi connectivity index (χ4n) is 2.63. The van der Waals surface area contributed by atoms with Crippen molar-refractivity contribution in [3.63, 3.8) is 0 Å². The number of hydrogen-bond donors (Lipinski definition) is 0. The van der Waals surface area contributed by atoms with Crippen LogP contribution in [0.2, 0.25) is 0 Å². The van der Waals surface area contributed by atoms with Crippen LogP contribution in [0.4, 0.5) is 0 Å². The number of carbonyl (C=O) groups is 2. The average molecular weight is 254 g/mol. The molecule has 4 nitrogen and oxygen atoms in total. The van der Waals surface area contributed by atoms with Crippen molar-refractivity contribution in [2.75, 3.05) is 27.2 Å². The maximum absolute atomic E-state index is 11.2. The lowest BCUT2D eigenvalue weighted by molar-refractivity contribution is -0.129. The summed E-state index contributed by atoms with van der Waals surface area (Å²) in [7, 11) is 3.75. The highest BCUT2D eigenvalue weighted by Crippen LogP contribution is 2.29. The number of amides is 2. The second-order valence-corrected chi connectivity index (χ2v) is 5.69. The van der Waals surface area contributed by atoms with Gasteiger partial charge in [-0.15, -0.1) is 0 Å². The Kier molecular flexibility index (Phi) is 5.63. The van der Waals surface area contributed by atoms with Crippen molar-refractivity contribution in [1.29, 1.82) is 0 Å². The third-order valence-corrected chi connectivity index (χ3v) is 4.11. The largest absolute Gasteiger partial charge is 0.346 e. The van der Waals surface area contributed by atoms with E-state index in [0.717, 1.165) is 13.1 Å². The summed E-state index contributed by atoms with van der Waals surface area (Å²) in [6.07, 6.45) is 4.70. The lowest BCUT2D eigenvalue weighted by atomic mass is 9.81. The Morgan fingerprint density at radius 3 is 1.33 bits per heavy atom. The molecule has 0 atom stereocenters. The Morgan fingerprint density at radius 1 is 0.833 bits per heavy atom. The summed E-state index contributed by atoms with van der Waals surface area (Å²) in [6.45, 7) is 5.00. The van der Waals surface area contributed by atoms with Crippen LogP contribution in [0.15, 0.2) is 0 Å². The molecule has 0 radical (unpaired) electrons. The monoisotopic (exact) mass is 254 g/mol. The van der Waals surface area contributed by atoms with Crippen LogP contribution in [0, 0.1) is 11.8 Å². The normalized spacial score (nSPS) is 23.6. The van der Waals surface area contributed by atoms with E-state index in [2.05, 4.69) is 0 Å². The van der Waals surface area contributed by atoms with E-state index in [4.69, 9.17) is 0 Å². The molecule has 0 aromatic carbocycles. The fourth-order valence-corrected chi connectivity index (χ4v) is 2.63. The molecule has 0 N–H and O–H groups in total. The van der Waals surface area contributed by atoms with Crippen molar-refractivity contribution in [2.45, 2.75) is 39.5 Å². The SMILES string of the molecule is CC(=O)N(C)CC1CCC(CN(C)C(C)=O)CC1. The molecule has 104 valence electrons. The maximum Gasteiger partial charge on any atom is 0.219 e. The second kappa shape index (κ2) is 6.76. The molecule has 0 aromatic heterocycles. The van der Waals surface area contributed by atoms with Gasteiger partial charge in [-0.05, 0) is 37.5 Å². The zero-order chi connectivity index (χ0) is 13.7. The van der Waals surface area contributed by atoms with Gasteiger partial charge in [0.2, 0.25) is 11.8 Å². The molecule has 1 fully saturated rings. The molecule has 1 saturated carbocycles. The molecule has 1 rings (SSSR count). The zero-order valence-corrected chi connectivity index (χ0v) is 12.1.